The molecule has 0 radical (unpaired) electrons. The zero-order valence-electron chi connectivity index (χ0n) is 5.47. The molecule has 50 valence electrons. The van der Waals surface area contributed by atoms with Crippen LogP contribution in [-0.4, -0.2) is 25.2 Å². The predicted octanol–water partition coefficient (Wildman–Crippen LogP) is 0.852. The molecule has 0 saturated carbocycles. The Balaban J connectivity index is 3.38. The van der Waals surface area contributed by atoms with Crippen LogP contribution in [0.15, 0.2) is 0 Å². The molecule has 3 heteroatoms. The number of methoxy groups -OCH3 is 1. The van der Waals surface area contributed by atoms with E-state index < -0.39 is 0 Å². The van der Waals surface area contributed by atoms with E-state index in [1.807, 2.05) is 13.2 Å². The molecule has 0 bridgehead atoms. The zero-order valence-corrected chi connectivity index (χ0v) is 6.37. The smallest absolute Gasteiger partial charge is 0.206 e. The highest BCUT2D eigenvalue weighted by atomic mass is 32.1. The minimum Gasteiger partial charge on any atom is -0.324 e. The Kier molecular flexibility index (Phi) is 5.37. The van der Waals surface area contributed by atoms with E-state index in [9.17, 15) is 0 Å². The van der Waals surface area contributed by atoms with E-state index in [-0.39, 0.29) is 0 Å². The van der Waals surface area contributed by atoms with Crippen molar-refractivity contribution in [1.29, 1.82) is 0 Å². The summed E-state index contributed by atoms with van der Waals surface area (Å²) in [6.07, 6.45) is 1.97. The van der Waals surface area contributed by atoms with E-state index in [1.165, 1.54) is 0 Å². The van der Waals surface area contributed by atoms with Crippen molar-refractivity contribution >= 4 is 16.6 Å². The summed E-state index contributed by atoms with van der Waals surface area (Å²) in [7, 11) is 1.61. The molecule has 8 heavy (non-hydrogen) atoms. The van der Waals surface area contributed by atoms with Crippen molar-refractivity contribution in [3.05, 3.63) is 0 Å². The lowest BCUT2D eigenvalue weighted by molar-refractivity contribution is 0.221. The standard InChI is InChI=1S/C5H12O2S/c1-4-7-5(6-2)8-3/h8H,4H2,1-3H3. The summed E-state index contributed by atoms with van der Waals surface area (Å²) >= 11 is 1.05. The molecule has 2 nitrogen and oxygen atoms in total. The molecule has 0 amide bonds. The van der Waals surface area contributed by atoms with Crippen LogP contribution in [0.1, 0.15) is 6.92 Å². The molecule has 0 aliphatic rings. The van der Waals surface area contributed by atoms with Crippen molar-refractivity contribution in [2.75, 3.05) is 20.0 Å². The van der Waals surface area contributed by atoms with E-state index in [2.05, 4.69) is 0 Å². The first-order valence-corrected chi connectivity index (χ1v) is 3.82. The van der Waals surface area contributed by atoms with Gasteiger partial charge in [0.2, 0.25) is 5.24 Å². The third kappa shape index (κ3) is 3.18. The van der Waals surface area contributed by atoms with Crippen molar-refractivity contribution < 1.29 is 9.47 Å². The molecule has 0 aromatic heterocycles. The number of hydrogen-bond donors (Lipinski definition) is 1. The Hall–Kier alpha value is 0.140. The van der Waals surface area contributed by atoms with Gasteiger partial charge in [0.1, 0.15) is 0 Å². The molecule has 0 fully saturated rings. The van der Waals surface area contributed by atoms with Crippen molar-refractivity contribution in [1.82, 2.24) is 0 Å². The topological polar surface area (TPSA) is 18.5 Å². The molecule has 0 N–H and O–H groups in total. The monoisotopic (exact) mass is 136 g/mol. The molecule has 0 spiro atoms. The van der Waals surface area contributed by atoms with E-state index in [1.54, 1.807) is 7.11 Å². The third-order valence-electron chi connectivity index (χ3n) is 0.625. The molecule has 0 aromatic rings. The Labute approximate surface area is 53.8 Å². The molecule has 0 heterocycles. The molecular formula is C5H12O2S. The van der Waals surface area contributed by atoms with Crippen LogP contribution < -0.4 is 0 Å². The van der Waals surface area contributed by atoms with E-state index >= 15 is 0 Å². The summed E-state index contributed by atoms with van der Waals surface area (Å²) < 4.78 is 9.84. The van der Waals surface area contributed by atoms with Gasteiger partial charge in [-0.15, -0.1) is 11.4 Å². The fourth-order valence-corrected chi connectivity index (χ4v) is 0.779. The van der Waals surface area contributed by atoms with Gasteiger partial charge in [-0.2, -0.15) is 0 Å². The zero-order chi connectivity index (χ0) is 6.41. The first-order chi connectivity index (χ1) is 3.85. The molecule has 0 aromatic carbocycles. The molecule has 0 atom stereocenters. The minimum atomic E-state index is 0.685. The fraction of sp³-hybridized carbons (Fsp3) is 0.800. The Bertz CT molecular complexity index is 80.5. The van der Waals surface area contributed by atoms with Crippen LogP contribution in [0.5, 0.6) is 0 Å². The van der Waals surface area contributed by atoms with E-state index in [0.29, 0.717) is 11.8 Å². The summed E-state index contributed by atoms with van der Waals surface area (Å²) in [6, 6.07) is 0. The second-order valence-electron chi connectivity index (χ2n) is 1.13. The Morgan fingerprint density at radius 1 is 1.62 bits per heavy atom. The normalized spacial score (nSPS) is 13.1. The summed E-state index contributed by atoms with van der Waals surface area (Å²) in [5, 5.41) is 0.688. The van der Waals surface area contributed by atoms with Gasteiger partial charge in [-0.25, -0.2) is 0 Å². The Morgan fingerprint density at radius 3 is 2.38 bits per heavy atom. The van der Waals surface area contributed by atoms with Crippen LogP contribution in [0.3, 0.4) is 0 Å². The van der Waals surface area contributed by atoms with Gasteiger partial charge in [0, 0.05) is 7.11 Å². The van der Waals surface area contributed by atoms with Crippen LogP contribution >= 0.6 is 11.4 Å². The first kappa shape index (κ1) is 8.14. The lowest BCUT2D eigenvalue weighted by Crippen LogP contribution is -2.03. The highest BCUT2D eigenvalue weighted by molar-refractivity contribution is 7.97. The maximum absolute atomic E-state index is 5.02. The lowest BCUT2D eigenvalue weighted by Gasteiger charge is -1.99. The fourth-order valence-electron chi connectivity index (χ4n) is 0.338. The highest BCUT2D eigenvalue weighted by Gasteiger charge is 1.87. The van der Waals surface area contributed by atoms with Gasteiger partial charge < -0.3 is 9.47 Å². The van der Waals surface area contributed by atoms with Gasteiger partial charge in [-0.3, -0.25) is 0 Å². The quantitative estimate of drug-likeness (QED) is 0.425. The third-order valence-corrected chi connectivity index (χ3v) is 1.30. The second-order valence-corrected chi connectivity index (χ2v) is 1.94. The van der Waals surface area contributed by atoms with Crippen LogP contribution in [0.2, 0.25) is 0 Å². The van der Waals surface area contributed by atoms with E-state index in [0.717, 1.165) is 11.4 Å². The molecule has 0 aliphatic heterocycles. The highest BCUT2D eigenvalue weighted by Crippen LogP contribution is 1.87. The molecule has 0 aliphatic carbocycles. The summed E-state index contributed by atoms with van der Waals surface area (Å²) in [5.74, 6) is 0. The molecule has 0 rings (SSSR count). The average Bonchev–Trinajstić information content (AvgIpc) is 1.83. The average molecular weight is 136 g/mol. The molecular weight excluding hydrogens is 124 g/mol. The summed E-state index contributed by atoms with van der Waals surface area (Å²) in [6.45, 7) is 2.62. The van der Waals surface area contributed by atoms with Crippen molar-refractivity contribution in [2.24, 2.45) is 0 Å². The van der Waals surface area contributed by atoms with Crippen LogP contribution in [-0.2, 0) is 9.47 Å². The van der Waals surface area contributed by atoms with Gasteiger partial charge in [0.05, 0.1) is 6.61 Å². The van der Waals surface area contributed by atoms with Gasteiger partial charge in [-0.1, -0.05) is 0 Å². The van der Waals surface area contributed by atoms with Gasteiger partial charge in [0.15, 0.2) is 0 Å². The predicted molar refractivity (Wildman–Crippen MR) is 38.6 cm³/mol. The maximum atomic E-state index is 5.02. The number of hydrogen-bond acceptors (Lipinski definition) is 2. The SMILES string of the molecule is CCOC(OC)=[SH]C. The number of thiol groups is 1. The van der Waals surface area contributed by atoms with Crippen molar-refractivity contribution in [3.63, 3.8) is 0 Å². The van der Waals surface area contributed by atoms with Gasteiger partial charge in [-0.05, 0) is 13.2 Å². The van der Waals surface area contributed by atoms with Crippen LogP contribution in [0, 0.1) is 0 Å². The molecule has 0 saturated heterocycles. The largest absolute Gasteiger partial charge is 0.324 e. The van der Waals surface area contributed by atoms with Crippen LogP contribution in [0.25, 0.3) is 0 Å². The van der Waals surface area contributed by atoms with Crippen molar-refractivity contribution in [2.45, 2.75) is 6.92 Å². The maximum Gasteiger partial charge on any atom is 0.206 e. The lowest BCUT2D eigenvalue weighted by atomic mass is 10.9. The second kappa shape index (κ2) is 5.28. The van der Waals surface area contributed by atoms with Gasteiger partial charge in [0.25, 0.3) is 0 Å². The first-order valence-electron chi connectivity index (χ1n) is 2.48. The van der Waals surface area contributed by atoms with E-state index in [4.69, 9.17) is 9.47 Å². The van der Waals surface area contributed by atoms with Gasteiger partial charge >= 0.3 is 0 Å². The summed E-state index contributed by atoms with van der Waals surface area (Å²) in [4.78, 5) is 0. The minimum absolute atomic E-state index is 0.685. The summed E-state index contributed by atoms with van der Waals surface area (Å²) in [5.41, 5.74) is 0. The molecule has 0 unspecified atom stereocenters. The number of rotatable bonds is 1. The Morgan fingerprint density at radius 2 is 2.25 bits per heavy atom. The van der Waals surface area contributed by atoms with Crippen LogP contribution in [0.4, 0.5) is 0 Å². The number of ether oxygens (including phenoxy) is 2. The van der Waals surface area contributed by atoms with Crippen molar-refractivity contribution in [3.8, 4) is 0 Å².